The molecule has 0 aromatic heterocycles. The van der Waals surface area contributed by atoms with E-state index in [4.69, 9.17) is 4.74 Å². The maximum Gasteiger partial charge on any atom is 0.414 e. The van der Waals surface area contributed by atoms with Gasteiger partial charge in [-0.3, -0.25) is 9.69 Å². The number of halogens is 2. The fourth-order valence-electron chi connectivity index (χ4n) is 3.46. The molecule has 27 heavy (non-hydrogen) atoms. The Morgan fingerprint density at radius 2 is 2.04 bits per heavy atom. The van der Waals surface area contributed by atoms with Crippen LogP contribution in [0.15, 0.2) is 12.1 Å². The van der Waals surface area contributed by atoms with Crippen LogP contribution in [0.5, 0.6) is 0 Å². The highest BCUT2D eigenvalue weighted by Crippen LogP contribution is 2.40. The topological polar surface area (TPSA) is 82.1 Å². The van der Waals surface area contributed by atoms with Gasteiger partial charge in [-0.1, -0.05) is 6.92 Å². The maximum atomic E-state index is 14.6. The van der Waals surface area contributed by atoms with Crippen molar-refractivity contribution in [1.82, 2.24) is 5.32 Å². The van der Waals surface area contributed by atoms with Gasteiger partial charge in [0.2, 0.25) is 5.91 Å². The van der Waals surface area contributed by atoms with Gasteiger partial charge in [0.25, 0.3) is 0 Å². The van der Waals surface area contributed by atoms with Gasteiger partial charge >= 0.3 is 6.09 Å². The molecule has 7 nitrogen and oxygen atoms in total. The van der Waals surface area contributed by atoms with Gasteiger partial charge in [-0.25, -0.2) is 13.6 Å². The molecule has 0 aliphatic carbocycles. The molecule has 1 atom stereocenters. The average molecular weight is 385 g/mol. The van der Waals surface area contributed by atoms with Crippen molar-refractivity contribution >= 4 is 23.4 Å². The third kappa shape index (κ3) is 3.69. The molecule has 2 aliphatic heterocycles. The predicted molar refractivity (Wildman–Crippen MR) is 96.8 cm³/mol. The number of hydrogen-bond donors (Lipinski definition) is 2. The normalized spacial score (nSPS) is 21.1. The first-order valence-electron chi connectivity index (χ1n) is 8.86. The van der Waals surface area contributed by atoms with Crippen LogP contribution in [0.1, 0.15) is 21.7 Å². The number of anilines is 2. The van der Waals surface area contributed by atoms with Crippen LogP contribution in [-0.2, 0) is 9.53 Å². The van der Waals surface area contributed by atoms with Gasteiger partial charge in [0.1, 0.15) is 11.8 Å². The van der Waals surface area contributed by atoms with E-state index in [0.29, 0.717) is 13.1 Å². The number of hydrogen-bond acceptors (Lipinski definition) is 5. The van der Waals surface area contributed by atoms with Gasteiger partial charge in [-0.05, 0) is 6.42 Å². The average Bonchev–Trinajstić information content (AvgIpc) is 2.95. The van der Waals surface area contributed by atoms with Gasteiger partial charge in [0.15, 0.2) is 11.6 Å². The van der Waals surface area contributed by atoms with Crippen LogP contribution in [0, 0.1) is 17.0 Å². The number of carbonyl (C=O) groups is 2. The summed E-state index contributed by atoms with van der Waals surface area (Å²) < 4.78 is 34.3. The zero-order chi connectivity index (χ0) is 19.8. The Morgan fingerprint density at radius 3 is 2.56 bits per heavy atom. The number of cyclic esters (lactones) is 1. The number of nitrogens with one attached hydrogen (secondary N) is 1. The first-order chi connectivity index (χ1) is 12.8. The summed E-state index contributed by atoms with van der Waals surface area (Å²) in [6, 6.07) is 2.21. The summed E-state index contributed by atoms with van der Waals surface area (Å²) in [6.07, 6.45) is -0.583. The minimum Gasteiger partial charge on any atom is -0.442 e. The zero-order valence-corrected chi connectivity index (χ0v) is 15.3. The molecule has 1 aromatic carbocycles. The van der Waals surface area contributed by atoms with Crippen molar-refractivity contribution in [3.8, 4) is 0 Å². The number of ether oxygens (including phenoxy) is 1. The van der Waals surface area contributed by atoms with E-state index < -0.39 is 23.8 Å². The van der Waals surface area contributed by atoms with Crippen molar-refractivity contribution < 1.29 is 29.6 Å². The fraction of sp³-hybridized carbons (Fsp3) is 0.556. The van der Waals surface area contributed by atoms with Crippen LogP contribution in [0.2, 0.25) is 0 Å². The van der Waals surface area contributed by atoms with Crippen LogP contribution < -0.4 is 15.1 Å². The van der Waals surface area contributed by atoms with E-state index in [2.05, 4.69) is 5.32 Å². The quantitative estimate of drug-likeness (QED) is 0.782. The highest BCUT2D eigenvalue weighted by Gasteiger charge is 2.43. The molecule has 2 N–H and O–H groups in total. The Kier molecular flexibility index (Phi) is 5.23. The van der Waals surface area contributed by atoms with Crippen LogP contribution in [0.4, 0.5) is 25.0 Å². The van der Waals surface area contributed by atoms with Gasteiger partial charge in [0.05, 0.1) is 25.4 Å². The first-order valence-corrected chi connectivity index (χ1v) is 8.86. The van der Waals surface area contributed by atoms with Gasteiger partial charge in [0, 0.05) is 39.0 Å². The maximum absolute atomic E-state index is 14.6. The molecule has 0 bridgehead atoms. The van der Waals surface area contributed by atoms with Crippen molar-refractivity contribution in [1.29, 1.82) is 0 Å². The lowest BCUT2D eigenvalue weighted by Crippen LogP contribution is -2.58. The van der Waals surface area contributed by atoms with Gasteiger partial charge in [-0.2, -0.15) is 0 Å². The van der Waals surface area contributed by atoms with E-state index in [1.165, 1.54) is 6.92 Å². The monoisotopic (exact) mass is 385 g/mol. The Hall–Kier alpha value is -2.42. The first kappa shape index (κ1) is 19.3. The SMILES string of the molecule is CCC1(CO)CN(c2c(F)cc(N3C[C@H](CNC(C)=O)OC3=O)cc2F)C1.[HH]. The molecule has 1 aromatic rings. The molecular formula is C18H25F2N3O4. The van der Waals surface area contributed by atoms with Crippen molar-refractivity contribution in [2.45, 2.75) is 26.4 Å². The second-order valence-corrected chi connectivity index (χ2v) is 7.18. The summed E-state index contributed by atoms with van der Waals surface area (Å²) in [5, 5.41) is 12.0. The number of rotatable bonds is 6. The molecule has 2 amide bonds. The molecule has 2 fully saturated rings. The third-order valence-corrected chi connectivity index (χ3v) is 5.22. The fourth-order valence-corrected chi connectivity index (χ4v) is 3.46. The van der Waals surface area contributed by atoms with E-state index >= 15 is 0 Å². The van der Waals surface area contributed by atoms with Gasteiger partial charge in [-0.15, -0.1) is 0 Å². The van der Waals surface area contributed by atoms with E-state index in [9.17, 15) is 23.5 Å². The third-order valence-electron chi connectivity index (χ3n) is 5.22. The summed E-state index contributed by atoms with van der Waals surface area (Å²) in [4.78, 5) is 25.7. The second kappa shape index (κ2) is 7.30. The number of benzene rings is 1. The lowest BCUT2D eigenvalue weighted by atomic mass is 9.78. The minimum atomic E-state index is -0.772. The Bertz CT molecular complexity index is 729. The van der Waals surface area contributed by atoms with Crippen molar-refractivity contribution in [2.75, 3.05) is 42.6 Å². The number of nitrogens with zero attached hydrogens (tertiary/aromatic N) is 2. The molecule has 9 heteroatoms. The summed E-state index contributed by atoms with van der Waals surface area (Å²) in [5.74, 6) is -1.80. The number of carbonyl (C=O) groups excluding carboxylic acids is 2. The smallest absolute Gasteiger partial charge is 0.414 e. The largest absolute Gasteiger partial charge is 0.442 e. The van der Waals surface area contributed by atoms with E-state index in [1.54, 1.807) is 4.90 Å². The number of amides is 2. The van der Waals surface area contributed by atoms with Crippen LogP contribution in [0.25, 0.3) is 0 Å². The lowest BCUT2D eigenvalue weighted by Gasteiger charge is -2.50. The Balaban J connectivity index is 0.00000280. The molecule has 150 valence electrons. The second-order valence-electron chi connectivity index (χ2n) is 7.18. The molecule has 2 saturated heterocycles. The van der Waals surface area contributed by atoms with Gasteiger partial charge < -0.3 is 20.1 Å². The zero-order valence-electron chi connectivity index (χ0n) is 15.3. The van der Waals surface area contributed by atoms with E-state index in [1.807, 2.05) is 6.92 Å². The van der Waals surface area contributed by atoms with E-state index in [-0.39, 0.29) is 43.8 Å². The molecule has 0 saturated carbocycles. The molecule has 2 aliphatic rings. The molecular weight excluding hydrogens is 360 g/mol. The van der Waals surface area contributed by atoms with Crippen molar-refractivity contribution in [3.05, 3.63) is 23.8 Å². The summed E-state index contributed by atoms with van der Waals surface area (Å²) >= 11 is 0. The summed E-state index contributed by atoms with van der Waals surface area (Å²) in [6.45, 7) is 4.21. The molecule has 3 rings (SSSR count). The summed E-state index contributed by atoms with van der Waals surface area (Å²) in [5.41, 5.74) is -0.417. The van der Waals surface area contributed by atoms with Crippen LogP contribution in [-0.4, -0.2) is 56.0 Å². The molecule has 2 heterocycles. The highest BCUT2D eigenvalue weighted by atomic mass is 19.1. The van der Waals surface area contributed by atoms with Crippen molar-refractivity contribution in [3.63, 3.8) is 0 Å². The molecule has 0 radical (unpaired) electrons. The van der Waals surface area contributed by atoms with E-state index in [0.717, 1.165) is 23.5 Å². The van der Waals surface area contributed by atoms with Crippen LogP contribution in [0.3, 0.4) is 0 Å². The Morgan fingerprint density at radius 1 is 1.41 bits per heavy atom. The molecule has 0 spiro atoms. The summed E-state index contributed by atoms with van der Waals surface area (Å²) in [7, 11) is 0. The minimum absolute atomic E-state index is 0. The lowest BCUT2D eigenvalue weighted by molar-refractivity contribution is -0.119. The highest BCUT2D eigenvalue weighted by molar-refractivity contribution is 5.90. The van der Waals surface area contributed by atoms with Crippen molar-refractivity contribution in [2.24, 2.45) is 5.41 Å². The standard InChI is InChI=1S/C18H23F2N3O4.H2/c1-3-18(10-24)8-22(9-18)16-14(19)4-12(5-15(16)20)23-7-13(27-17(23)26)6-21-11(2)25;/h4-5,13,24H,3,6-10H2,1-2H3,(H,21,25);1H/t13-;/m0./s1. The van der Waals surface area contributed by atoms with Crippen LogP contribution >= 0.6 is 0 Å². The number of aliphatic hydroxyl groups excluding tert-OH is 1. The Labute approximate surface area is 157 Å². The predicted octanol–water partition coefficient (Wildman–Crippen LogP) is 1.88. The number of aliphatic hydroxyl groups is 1. The molecule has 0 unspecified atom stereocenters.